The molecule has 2 aromatic heterocycles. The Morgan fingerprint density at radius 2 is 2.04 bits per heavy atom. The van der Waals surface area contributed by atoms with Gasteiger partial charge in [-0.05, 0) is 52.6 Å². The zero-order chi connectivity index (χ0) is 19.1. The van der Waals surface area contributed by atoms with Crippen molar-refractivity contribution < 1.29 is 18.7 Å². The molecule has 7 heteroatoms. The Morgan fingerprint density at radius 1 is 1.30 bits per heavy atom. The number of hydrogen-bond donors (Lipinski definition) is 1. The van der Waals surface area contributed by atoms with E-state index >= 15 is 0 Å². The third-order valence-electron chi connectivity index (χ3n) is 5.65. The zero-order valence-electron chi connectivity index (χ0n) is 15.9. The van der Waals surface area contributed by atoms with Crippen molar-refractivity contribution in [2.45, 2.75) is 51.8 Å². The fraction of sp³-hybridized carbons (Fsp3) is 0.550. The molecule has 0 aliphatic carbocycles. The molecule has 3 saturated heterocycles. The minimum atomic E-state index is -0.520. The summed E-state index contributed by atoms with van der Waals surface area (Å²) in [5.41, 5.74) is 0.747. The molecule has 2 aromatic rings. The summed E-state index contributed by atoms with van der Waals surface area (Å²) in [4.78, 5) is 31.4. The summed E-state index contributed by atoms with van der Waals surface area (Å²) in [6, 6.07) is 3.66. The first-order chi connectivity index (χ1) is 12.9. The molecule has 144 valence electrons. The first-order valence-corrected chi connectivity index (χ1v) is 9.58. The van der Waals surface area contributed by atoms with E-state index in [1.165, 1.54) is 0 Å². The maximum atomic E-state index is 12.7. The number of furan rings is 1. The lowest BCUT2D eigenvalue weighted by molar-refractivity contribution is 0.0216. The van der Waals surface area contributed by atoms with Crippen LogP contribution in [0.25, 0.3) is 11.0 Å². The van der Waals surface area contributed by atoms with E-state index in [1.807, 2.05) is 0 Å². The number of fused-ring (bicyclic) bond motifs is 4. The predicted octanol–water partition coefficient (Wildman–Crippen LogP) is 2.61. The highest BCUT2D eigenvalue weighted by atomic mass is 16.6. The van der Waals surface area contributed by atoms with E-state index < -0.39 is 5.97 Å². The normalized spacial score (nSPS) is 27.1. The molecule has 2 bridgehead atoms. The number of amides is 1. The Bertz CT molecular complexity index is 865. The summed E-state index contributed by atoms with van der Waals surface area (Å²) < 4.78 is 10.7. The van der Waals surface area contributed by atoms with E-state index in [0.29, 0.717) is 28.6 Å². The van der Waals surface area contributed by atoms with Crippen LogP contribution in [0.1, 0.15) is 54.7 Å². The Kier molecular flexibility index (Phi) is 4.63. The van der Waals surface area contributed by atoms with Gasteiger partial charge in [0.2, 0.25) is 5.76 Å². The fourth-order valence-electron chi connectivity index (χ4n) is 4.20. The van der Waals surface area contributed by atoms with Crippen molar-refractivity contribution in [3.63, 3.8) is 0 Å². The summed E-state index contributed by atoms with van der Waals surface area (Å²) >= 11 is 0. The van der Waals surface area contributed by atoms with Gasteiger partial charge in [0.25, 0.3) is 5.91 Å². The van der Waals surface area contributed by atoms with Crippen molar-refractivity contribution in [3.05, 3.63) is 29.8 Å². The molecular formula is C20H25N3O4. The van der Waals surface area contributed by atoms with Crippen molar-refractivity contribution in [3.8, 4) is 0 Å². The number of pyridine rings is 1. The monoisotopic (exact) mass is 371 g/mol. The van der Waals surface area contributed by atoms with Gasteiger partial charge < -0.3 is 14.5 Å². The van der Waals surface area contributed by atoms with Gasteiger partial charge in [-0.15, -0.1) is 0 Å². The number of esters is 1. The molecule has 3 fully saturated rings. The molecular weight excluding hydrogens is 346 g/mol. The van der Waals surface area contributed by atoms with Crippen LogP contribution in [0.15, 0.2) is 22.7 Å². The van der Waals surface area contributed by atoms with E-state index in [1.54, 1.807) is 32.2 Å². The lowest BCUT2D eigenvalue weighted by atomic mass is 9.79. The second-order valence-corrected chi connectivity index (χ2v) is 7.79. The first kappa shape index (κ1) is 18.0. The van der Waals surface area contributed by atoms with Gasteiger partial charge >= 0.3 is 5.97 Å². The second-order valence-electron chi connectivity index (χ2n) is 7.79. The molecule has 27 heavy (non-hydrogen) atoms. The van der Waals surface area contributed by atoms with Crippen LogP contribution in [-0.4, -0.2) is 53.0 Å². The van der Waals surface area contributed by atoms with Gasteiger partial charge in [0, 0.05) is 35.8 Å². The van der Waals surface area contributed by atoms with E-state index in [4.69, 9.17) is 9.15 Å². The van der Waals surface area contributed by atoms with Gasteiger partial charge in [0.05, 0.1) is 6.10 Å². The molecule has 5 rings (SSSR count). The van der Waals surface area contributed by atoms with Crippen LogP contribution in [0, 0.1) is 5.92 Å². The van der Waals surface area contributed by atoms with Crippen LogP contribution < -0.4 is 5.32 Å². The maximum absolute atomic E-state index is 12.7. The van der Waals surface area contributed by atoms with Crippen LogP contribution in [-0.2, 0) is 4.74 Å². The number of rotatable bonds is 4. The number of aromatic nitrogens is 1. The summed E-state index contributed by atoms with van der Waals surface area (Å²) in [5.74, 6) is -0.0821. The van der Waals surface area contributed by atoms with Gasteiger partial charge in [-0.1, -0.05) is 0 Å². The lowest BCUT2D eigenvalue weighted by Gasteiger charge is -2.49. The molecule has 0 unspecified atom stereocenters. The predicted molar refractivity (Wildman–Crippen MR) is 99.6 cm³/mol. The highest BCUT2D eigenvalue weighted by Crippen LogP contribution is 2.32. The van der Waals surface area contributed by atoms with Gasteiger partial charge in [0.1, 0.15) is 11.3 Å². The standard InChI is InChI=1S/C20H25N3O4/c1-11(2)26-20(25)17-8-14-10-21-15(9-16(14)27-17)19(24)22-18-12(3)23-6-4-13(18)5-7-23/h8-13,18H,4-7H2,1-3H3,(H,22,24)/t12-,18-/m0/s1. The first-order valence-electron chi connectivity index (χ1n) is 9.58. The van der Waals surface area contributed by atoms with Crippen molar-refractivity contribution in [2.24, 2.45) is 5.92 Å². The van der Waals surface area contributed by atoms with Gasteiger partial charge in [-0.3, -0.25) is 14.7 Å². The maximum Gasteiger partial charge on any atom is 0.374 e. The molecule has 1 amide bonds. The van der Waals surface area contributed by atoms with Gasteiger partial charge in [-0.25, -0.2) is 4.79 Å². The molecule has 3 aliphatic rings. The van der Waals surface area contributed by atoms with E-state index in [-0.39, 0.29) is 23.8 Å². The van der Waals surface area contributed by atoms with Gasteiger partial charge in [0.15, 0.2) is 0 Å². The molecule has 0 aromatic carbocycles. The van der Waals surface area contributed by atoms with Crippen LogP contribution in [0.5, 0.6) is 0 Å². The highest BCUT2D eigenvalue weighted by molar-refractivity contribution is 5.97. The minimum Gasteiger partial charge on any atom is -0.457 e. The molecule has 0 radical (unpaired) electrons. The van der Waals surface area contributed by atoms with Crippen LogP contribution in [0.4, 0.5) is 0 Å². The molecule has 3 aliphatic heterocycles. The summed E-state index contributed by atoms with van der Waals surface area (Å²) in [6.45, 7) is 7.96. The highest BCUT2D eigenvalue weighted by Gasteiger charge is 2.40. The number of nitrogens with one attached hydrogen (secondary N) is 1. The number of carbonyl (C=O) groups is 2. The van der Waals surface area contributed by atoms with E-state index in [0.717, 1.165) is 25.9 Å². The Labute approximate surface area is 158 Å². The van der Waals surface area contributed by atoms with Gasteiger partial charge in [-0.2, -0.15) is 0 Å². The van der Waals surface area contributed by atoms with E-state index in [9.17, 15) is 9.59 Å². The molecule has 1 N–H and O–H groups in total. The number of hydrogen-bond acceptors (Lipinski definition) is 6. The van der Waals surface area contributed by atoms with Crippen molar-refractivity contribution in [1.29, 1.82) is 0 Å². The third kappa shape index (κ3) is 3.43. The number of carbonyl (C=O) groups excluding carboxylic acids is 2. The number of nitrogens with zero attached hydrogens (tertiary/aromatic N) is 2. The Morgan fingerprint density at radius 3 is 2.70 bits per heavy atom. The molecule has 5 heterocycles. The minimum absolute atomic E-state index is 0.115. The molecule has 0 saturated carbocycles. The van der Waals surface area contributed by atoms with Crippen LogP contribution in [0.2, 0.25) is 0 Å². The largest absolute Gasteiger partial charge is 0.457 e. The Hall–Kier alpha value is -2.41. The summed E-state index contributed by atoms with van der Waals surface area (Å²) in [7, 11) is 0. The van der Waals surface area contributed by atoms with Crippen molar-refractivity contribution in [2.75, 3.05) is 13.1 Å². The quantitative estimate of drug-likeness (QED) is 0.832. The van der Waals surface area contributed by atoms with Crippen molar-refractivity contribution >= 4 is 22.8 Å². The molecule has 2 atom stereocenters. The molecule has 0 spiro atoms. The number of piperidine rings is 3. The third-order valence-corrected chi connectivity index (χ3v) is 5.65. The summed E-state index contributed by atoms with van der Waals surface area (Å²) in [5, 5.41) is 3.83. The molecule has 7 nitrogen and oxygen atoms in total. The second kappa shape index (κ2) is 6.96. The number of ether oxygens (including phenoxy) is 1. The zero-order valence-corrected chi connectivity index (χ0v) is 15.9. The SMILES string of the molecule is CC(C)OC(=O)c1cc2cnc(C(=O)N[C@@H]3C4CCN(CC4)[C@H]3C)cc2o1. The Balaban J connectivity index is 1.51. The fourth-order valence-corrected chi connectivity index (χ4v) is 4.20. The topological polar surface area (TPSA) is 84.7 Å². The average Bonchev–Trinajstić information content (AvgIpc) is 3.08. The van der Waals surface area contributed by atoms with Crippen LogP contribution in [0.3, 0.4) is 0 Å². The van der Waals surface area contributed by atoms with E-state index in [2.05, 4.69) is 22.1 Å². The average molecular weight is 371 g/mol. The van der Waals surface area contributed by atoms with Crippen molar-refractivity contribution in [1.82, 2.24) is 15.2 Å². The summed E-state index contributed by atoms with van der Waals surface area (Å²) in [6.07, 6.45) is 3.58. The lowest BCUT2D eigenvalue weighted by Crippen LogP contribution is -2.62. The van der Waals surface area contributed by atoms with Crippen LogP contribution >= 0.6 is 0 Å². The smallest absolute Gasteiger partial charge is 0.374 e.